The van der Waals surface area contributed by atoms with Crippen molar-refractivity contribution in [2.75, 3.05) is 13.6 Å². The summed E-state index contributed by atoms with van der Waals surface area (Å²) in [4.78, 5) is 4.39. The van der Waals surface area contributed by atoms with Crippen molar-refractivity contribution in [1.82, 2.24) is 9.29 Å². The van der Waals surface area contributed by atoms with Gasteiger partial charge < -0.3 is 4.42 Å². The molecule has 0 aromatic carbocycles. The highest BCUT2D eigenvalue weighted by molar-refractivity contribution is 7.89. The van der Waals surface area contributed by atoms with E-state index in [9.17, 15) is 8.42 Å². The molecule has 0 saturated heterocycles. The smallest absolute Gasteiger partial charge is 0.246 e. The molecule has 0 radical (unpaired) electrons. The molecule has 0 N–H and O–H groups in total. The number of furan rings is 1. The number of sulfonamides is 1. The van der Waals surface area contributed by atoms with Crippen LogP contribution in [0.2, 0.25) is 0 Å². The topological polar surface area (TPSA) is 63.4 Å². The van der Waals surface area contributed by atoms with Crippen LogP contribution >= 0.6 is 11.3 Å². The van der Waals surface area contributed by atoms with Gasteiger partial charge in [0, 0.05) is 31.6 Å². The van der Waals surface area contributed by atoms with Gasteiger partial charge in [-0.15, -0.1) is 11.3 Å². The number of rotatable bonds is 5. The van der Waals surface area contributed by atoms with Gasteiger partial charge in [0.05, 0.1) is 5.01 Å². The highest BCUT2D eigenvalue weighted by Gasteiger charge is 2.25. The standard InChI is InChI=1S/C12H16N2O3S2/c1-9-8-11(10(2)17-9)19(15,16)14(3)6-4-12-13-5-7-18-12/h5,7-8H,4,6H2,1-3H3. The fourth-order valence-corrected chi connectivity index (χ4v) is 3.78. The van der Waals surface area contributed by atoms with E-state index in [0.717, 1.165) is 5.01 Å². The van der Waals surface area contributed by atoms with Crippen LogP contribution in [0.5, 0.6) is 0 Å². The summed E-state index contributed by atoms with van der Waals surface area (Å²) in [5, 5.41) is 2.81. The lowest BCUT2D eigenvalue weighted by Gasteiger charge is -2.15. The number of thiazole rings is 1. The monoisotopic (exact) mass is 300 g/mol. The number of nitrogens with zero attached hydrogens (tertiary/aromatic N) is 2. The van der Waals surface area contributed by atoms with Crippen molar-refractivity contribution in [3.63, 3.8) is 0 Å². The van der Waals surface area contributed by atoms with Crippen LogP contribution in [-0.4, -0.2) is 31.3 Å². The van der Waals surface area contributed by atoms with Crippen molar-refractivity contribution in [2.45, 2.75) is 25.2 Å². The van der Waals surface area contributed by atoms with Gasteiger partial charge in [-0.2, -0.15) is 0 Å². The molecule has 0 atom stereocenters. The summed E-state index contributed by atoms with van der Waals surface area (Å²) in [6.45, 7) is 3.80. The summed E-state index contributed by atoms with van der Waals surface area (Å²) in [6.07, 6.45) is 2.33. The zero-order valence-corrected chi connectivity index (χ0v) is 12.7. The summed E-state index contributed by atoms with van der Waals surface area (Å²) in [6, 6.07) is 1.56. The lowest BCUT2D eigenvalue weighted by Crippen LogP contribution is -2.29. The Morgan fingerprint density at radius 1 is 1.42 bits per heavy atom. The molecule has 0 unspecified atom stereocenters. The van der Waals surface area contributed by atoms with Crippen molar-refractivity contribution >= 4 is 21.4 Å². The number of likely N-dealkylation sites (N-methyl/N-ethyl adjacent to an activating group) is 1. The predicted molar refractivity (Wildman–Crippen MR) is 73.8 cm³/mol. The average Bonchev–Trinajstić information content (AvgIpc) is 2.95. The van der Waals surface area contributed by atoms with Gasteiger partial charge >= 0.3 is 0 Å². The van der Waals surface area contributed by atoms with Crippen molar-refractivity contribution < 1.29 is 12.8 Å². The zero-order chi connectivity index (χ0) is 14.0. The Balaban J connectivity index is 2.13. The van der Waals surface area contributed by atoms with Gasteiger partial charge in [0.25, 0.3) is 0 Å². The Morgan fingerprint density at radius 3 is 2.68 bits per heavy atom. The molecule has 19 heavy (non-hydrogen) atoms. The van der Waals surface area contributed by atoms with E-state index < -0.39 is 10.0 Å². The number of aromatic nitrogens is 1. The first kappa shape index (κ1) is 14.2. The first-order valence-corrected chi connectivity index (χ1v) is 8.15. The maximum Gasteiger partial charge on any atom is 0.246 e. The van der Waals surface area contributed by atoms with Crippen molar-refractivity contribution in [1.29, 1.82) is 0 Å². The van der Waals surface area contributed by atoms with Gasteiger partial charge in [-0.1, -0.05) is 0 Å². The van der Waals surface area contributed by atoms with Crippen molar-refractivity contribution in [3.05, 3.63) is 34.2 Å². The third kappa shape index (κ3) is 3.05. The minimum atomic E-state index is -3.49. The molecule has 0 bridgehead atoms. The lowest BCUT2D eigenvalue weighted by molar-refractivity contribution is 0.464. The van der Waals surface area contributed by atoms with E-state index in [4.69, 9.17) is 4.42 Å². The second-order valence-electron chi connectivity index (χ2n) is 4.28. The third-order valence-electron chi connectivity index (χ3n) is 2.81. The Bertz CT molecular complexity index is 645. The first-order valence-electron chi connectivity index (χ1n) is 5.83. The Kier molecular flexibility index (Phi) is 4.07. The molecule has 5 nitrogen and oxygen atoms in total. The van der Waals surface area contributed by atoms with Crippen LogP contribution in [0.3, 0.4) is 0 Å². The van der Waals surface area contributed by atoms with E-state index in [1.807, 2.05) is 5.38 Å². The van der Waals surface area contributed by atoms with E-state index in [2.05, 4.69) is 4.98 Å². The molecule has 2 aromatic rings. The predicted octanol–water partition coefficient (Wildman–Crippen LogP) is 2.22. The molecule has 0 aliphatic heterocycles. The average molecular weight is 300 g/mol. The minimum Gasteiger partial charge on any atom is -0.465 e. The number of hydrogen-bond donors (Lipinski definition) is 0. The van der Waals surface area contributed by atoms with Crippen molar-refractivity contribution in [2.24, 2.45) is 0 Å². The van der Waals surface area contributed by atoms with Crippen LogP contribution in [0.15, 0.2) is 27.0 Å². The molecule has 0 spiro atoms. The van der Waals surface area contributed by atoms with Gasteiger partial charge in [0.15, 0.2) is 0 Å². The van der Waals surface area contributed by atoms with E-state index >= 15 is 0 Å². The van der Waals surface area contributed by atoms with Gasteiger partial charge in [-0.3, -0.25) is 0 Å². The Morgan fingerprint density at radius 2 is 2.16 bits per heavy atom. The van der Waals surface area contributed by atoms with Crippen LogP contribution in [0.1, 0.15) is 16.5 Å². The molecular weight excluding hydrogens is 284 g/mol. The molecule has 2 heterocycles. The van der Waals surface area contributed by atoms with Crippen LogP contribution in [0, 0.1) is 13.8 Å². The largest absolute Gasteiger partial charge is 0.465 e. The van der Waals surface area contributed by atoms with Gasteiger partial charge in [-0.25, -0.2) is 17.7 Å². The Hall–Kier alpha value is -1.18. The van der Waals surface area contributed by atoms with E-state index in [-0.39, 0.29) is 4.90 Å². The molecule has 2 rings (SSSR count). The summed E-state index contributed by atoms with van der Waals surface area (Å²) < 4.78 is 31.4. The van der Waals surface area contributed by atoms with Crippen molar-refractivity contribution in [3.8, 4) is 0 Å². The summed E-state index contributed by atoms with van der Waals surface area (Å²) in [7, 11) is -1.91. The van der Waals surface area contributed by atoms with Crippen LogP contribution in [0.25, 0.3) is 0 Å². The maximum absolute atomic E-state index is 12.4. The third-order valence-corrected chi connectivity index (χ3v) is 5.61. The van der Waals surface area contributed by atoms with Gasteiger partial charge in [0.2, 0.25) is 10.0 Å². The summed E-state index contributed by atoms with van der Waals surface area (Å²) >= 11 is 1.53. The number of hydrogen-bond acceptors (Lipinski definition) is 5. The quantitative estimate of drug-likeness (QED) is 0.849. The van der Waals surface area contributed by atoms with E-state index in [0.29, 0.717) is 24.5 Å². The number of aryl methyl sites for hydroxylation is 2. The summed E-state index contributed by atoms with van der Waals surface area (Å²) in [5.41, 5.74) is 0. The molecule has 0 aliphatic rings. The first-order chi connectivity index (χ1) is 8.91. The maximum atomic E-state index is 12.4. The SMILES string of the molecule is Cc1cc(S(=O)(=O)N(C)CCc2nccs2)c(C)o1. The molecule has 7 heteroatoms. The second kappa shape index (κ2) is 5.44. The molecule has 0 aliphatic carbocycles. The second-order valence-corrected chi connectivity index (χ2v) is 7.27. The highest BCUT2D eigenvalue weighted by atomic mass is 32.2. The van der Waals surface area contributed by atoms with Gasteiger partial charge in [-0.05, 0) is 19.9 Å². The zero-order valence-electron chi connectivity index (χ0n) is 11.1. The highest BCUT2D eigenvalue weighted by Crippen LogP contribution is 2.22. The van der Waals surface area contributed by atoms with E-state index in [1.165, 1.54) is 15.6 Å². The van der Waals surface area contributed by atoms with E-state index in [1.54, 1.807) is 33.2 Å². The van der Waals surface area contributed by atoms with Crippen LogP contribution in [0.4, 0.5) is 0 Å². The molecule has 104 valence electrons. The van der Waals surface area contributed by atoms with Crippen LogP contribution < -0.4 is 0 Å². The fraction of sp³-hybridized carbons (Fsp3) is 0.417. The molecule has 2 aromatic heterocycles. The van der Waals surface area contributed by atoms with Crippen LogP contribution in [-0.2, 0) is 16.4 Å². The molecule has 0 fully saturated rings. The Labute approximate surface area is 116 Å². The minimum absolute atomic E-state index is 0.242. The fourth-order valence-electron chi connectivity index (χ4n) is 1.78. The summed E-state index contributed by atoms with van der Waals surface area (Å²) in [5.74, 6) is 1.03. The van der Waals surface area contributed by atoms with Gasteiger partial charge in [0.1, 0.15) is 16.4 Å². The molecule has 0 amide bonds. The molecular formula is C12H16N2O3S2. The molecule has 0 saturated carbocycles. The normalized spacial score (nSPS) is 12.2. The lowest BCUT2D eigenvalue weighted by atomic mass is 10.4.